The molecule has 37 heavy (non-hydrogen) atoms. The lowest BCUT2D eigenvalue weighted by molar-refractivity contribution is -0.306. The zero-order valence-electron chi connectivity index (χ0n) is 20.4. The summed E-state index contributed by atoms with van der Waals surface area (Å²) in [4.78, 5) is 45.3. The molecule has 0 aliphatic heterocycles. The third kappa shape index (κ3) is 9.48. The van der Waals surface area contributed by atoms with Crippen molar-refractivity contribution in [2.45, 2.75) is 37.8 Å². The Morgan fingerprint density at radius 3 is 1.65 bits per heavy atom. The maximum atomic E-state index is 12.2. The van der Waals surface area contributed by atoms with Crippen molar-refractivity contribution in [1.29, 1.82) is 0 Å². The van der Waals surface area contributed by atoms with Crippen LogP contribution in [0.15, 0.2) is 91.0 Å². The van der Waals surface area contributed by atoms with Crippen molar-refractivity contribution in [3.63, 3.8) is 0 Å². The van der Waals surface area contributed by atoms with Crippen LogP contribution in [0.4, 0.5) is 4.79 Å². The predicted octanol–water partition coefficient (Wildman–Crippen LogP) is 1.75. The highest BCUT2D eigenvalue weighted by Crippen LogP contribution is 2.20. The molecule has 9 heteroatoms. The maximum absolute atomic E-state index is 12.2. The van der Waals surface area contributed by atoms with Crippen molar-refractivity contribution in [3.05, 3.63) is 108 Å². The first-order valence-electron chi connectivity index (χ1n) is 11.6. The molecule has 0 saturated heterocycles. The Kier molecular flexibility index (Phi) is 10.8. The second-order valence-corrected chi connectivity index (χ2v) is 8.39. The van der Waals surface area contributed by atoms with Crippen LogP contribution in [-0.4, -0.2) is 35.0 Å². The van der Waals surface area contributed by atoms with Crippen LogP contribution in [-0.2, 0) is 32.8 Å². The lowest BCUT2D eigenvalue weighted by Crippen LogP contribution is -2.58. The Morgan fingerprint density at radius 1 is 0.838 bits per heavy atom. The molecule has 5 N–H and O–H groups in total. The van der Waals surface area contributed by atoms with Gasteiger partial charge in [0, 0.05) is 12.4 Å². The van der Waals surface area contributed by atoms with Gasteiger partial charge in [0.1, 0.15) is 11.6 Å². The fraction of sp³-hybridized carbons (Fsp3) is 0.214. The topological polar surface area (TPSA) is 162 Å². The van der Waals surface area contributed by atoms with Crippen molar-refractivity contribution in [3.8, 4) is 0 Å². The highest BCUT2D eigenvalue weighted by Gasteiger charge is 2.37. The minimum Gasteiger partial charge on any atom is -0.550 e. The summed E-state index contributed by atoms with van der Waals surface area (Å²) in [6.07, 6.45) is -0.218. The number of carboxylic acids is 1. The van der Waals surface area contributed by atoms with E-state index in [4.69, 9.17) is 10.8 Å². The number of nitrogens with one attached hydrogen (secondary N) is 2. The van der Waals surface area contributed by atoms with Gasteiger partial charge in [-0.05, 0) is 36.5 Å². The quantitative estimate of drug-likeness (QED) is 0.329. The number of aliphatic carboxylic acids is 1. The number of primary amides is 1. The van der Waals surface area contributed by atoms with Crippen molar-refractivity contribution < 1.29 is 29.4 Å². The number of hydrogen-bond acceptors (Lipinski definition) is 5. The fourth-order valence-corrected chi connectivity index (χ4v) is 3.48. The lowest BCUT2D eigenvalue weighted by atomic mass is 9.90. The summed E-state index contributed by atoms with van der Waals surface area (Å²) in [6.45, 7) is 1.33. The molecule has 3 aromatic rings. The van der Waals surface area contributed by atoms with Crippen LogP contribution in [0, 0.1) is 0 Å². The molecule has 3 rings (SSSR count). The van der Waals surface area contributed by atoms with E-state index in [0.29, 0.717) is 5.56 Å². The largest absolute Gasteiger partial charge is 0.550 e. The number of carbonyl (C=O) groups excluding carboxylic acids is 3. The predicted molar refractivity (Wildman–Crippen MR) is 136 cm³/mol. The standard InChI is InChI=1S/C14H17N3O6.C14H14/c1-14(12(15)21,8-5-3-2-4-6-8)17-11(20)9(7-10(18)19)16-13(22)23;1-3-7-13(8-4-1)11-12-14-9-5-2-6-10-14/h2-6,9,16H,7H2,1H3,(H2,15,21)(H,17,20)(H,18,19)(H,22,23);1-10H,11-12H2/p-1. The number of nitrogens with two attached hydrogens (primary N) is 1. The Labute approximate surface area is 215 Å². The third-order valence-corrected chi connectivity index (χ3v) is 5.59. The highest BCUT2D eigenvalue weighted by molar-refractivity contribution is 5.95. The third-order valence-electron chi connectivity index (χ3n) is 5.59. The summed E-state index contributed by atoms with van der Waals surface area (Å²) in [5.41, 5.74) is 6.89. The molecule has 9 nitrogen and oxygen atoms in total. The number of amides is 3. The van der Waals surface area contributed by atoms with Crippen LogP contribution >= 0.6 is 0 Å². The number of rotatable bonds is 10. The summed E-state index contributed by atoms with van der Waals surface area (Å²) >= 11 is 0. The van der Waals surface area contributed by atoms with E-state index in [-0.39, 0.29) is 0 Å². The summed E-state index contributed by atoms with van der Waals surface area (Å²) in [6, 6.07) is 27.6. The molecule has 0 heterocycles. The Bertz CT molecular complexity index is 1120. The van der Waals surface area contributed by atoms with Gasteiger partial charge in [-0.1, -0.05) is 91.0 Å². The van der Waals surface area contributed by atoms with Gasteiger partial charge in [-0.3, -0.25) is 9.59 Å². The molecule has 0 aliphatic carbocycles. The first-order chi connectivity index (χ1) is 17.6. The Morgan fingerprint density at radius 2 is 1.27 bits per heavy atom. The van der Waals surface area contributed by atoms with Gasteiger partial charge in [0.25, 0.3) is 0 Å². The maximum Gasteiger partial charge on any atom is 0.405 e. The number of aryl methyl sites for hydroxylation is 2. The molecule has 0 saturated carbocycles. The molecule has 2 unspecified atom stereocenters. The monoisotopic (exact) mass is 504 g/mol. The van der Waals surface area contributed by atoms with Crippen molar-refractivity contribution in [1.82, 2.24) is 10.6 Å². The van der Waals surface area contributed by atoms with Gasteiger partial charge in [-0.25, -0.2) is 4.79 Å². The molecule has 0 radical (unpaired) electrons. The van der Waals surface area contributed by atoms with E-state index >= 15 is 0 Å². The molecule has 0 spiro atoms. The summed E-state index contributed by atoms with van der Waals surface area (Å²) < 4.78 is 0. The molecule has 2 atom stereocenters. The molecule has 3 amide bonds. The van der Waals surface area contributed by atoms with Gasteiger partial charge in [0.15, 0.2) is 0 Å². The highest BCUT2D eigenvalue weighted by atomic mass is 16.4. The van der Waals surface area contributed by atoms with Crippen molar-refractivity contribution in [2.24, 2.45) is 5.73 Å². The van der Waals surface area contributed by atoms with Crippen LogP contribution in [0.5, 0.6) is 0 Å². The van der Waals surface area contributed by atoms with Gasteiger partial charge in [-0.2, -0.15) is 0 Å². The normalized spacial score (nSPS) is 12.6. The molecule has 0 fully saturated rings. The number of hydrogen-bond donors (Lipinski definition) is 4. The first-order valence-corrected chi connectivity index (χ1v) is 11.6. The van der Waals surface area contributed by atoms with Crippen LogP contribution in [0.2, 0.25) is 0 Å². The molecule has 3 aromatic carbocycles. The molecular weight excluding hydrogens is 474 g/mol. The fourth-order valence-electron chi connectivity index (χ4n) is 3.48. The molecule has 0 bridgehead atoms. The van der Waals surface area contributed by atoms with E-state index in [1.54, 1.807) is 35.6 Å². The lowest BCUT2D eigenvalue weighted by Gasteiger charge is -2.30. The van der Waals surface area contributed by atoms with Gasteiger partial charge in [0.2, 0.25) is 11.8 Å². The van der Waals surface area contributed by atoms with Crippen LogP contribution in [0.25, 0.3) is 0 Å². The number of carbonyl (C=O) groups is 4. The van der Waals surface area contributed by atoms with E-state index in [1.165, 1.54) is 18.1 Å². The number of carboxylic acid groups (broad SMARTS) is 2. The van der Waals surface area contributed by atoms with E-state index in [0.717, 1.165) is 12.8 Å². The first kappa shape index (κ1) is 28.6. The average molecular weight is 505 g/mol. The molecule has 0 aliphatic rings. The van der Waals surface area contributed by atoms with Crippen LogP contribution in [0.3, 0.4) is 0 Å². The minimum atomic E-state index is -1.64. The second kappa shape index (κ2) is 14.0. The minimum absolute atomic E-state index is 0.364. The van der Waals surface area contributed by atoms with Gasteiger partial charge >= 0.3 is 6.09 Å². The van der Waals surface area contributed by atoms with Crippen LogP contribution < -0.4 is 21.5 Å². The summed E-state index contributed by atoms with van der Waals surface area (Å²) in [7, 11) is 0. The van der Waals surface area contributed by atoms with E-state index in [1.807, 2.05) is 0 Å². The second-order valence-electron chi connectivity index (χ2n) is 8.39. The van der Waals surface area contributed by atoms with E-state index in [2.05, 4.69) is 66.0 Å². The summed E-state index contributed by atoms with van der Waals surface area (Å²) in [5, 5.41) is 23.4. The average Bonchev–Trinajstić information content (AvgIpc) is 2.88. The van der Waals surface area contributed by atoms with Crippen LogP contribution in [0.1, 0.15) is 30.0 Å². The number of benzene rings is 3. The van der Waals surface area contributed by atoms with Gasteiger partial charge in [0.05, 0.1) is 0 Å². The summed E-state index contributed by atoms with van der Waals surface area (Å²) in [5.74, 6) is -3.53. The SMILES string of the molecule is CC(NC(=O)C(CC(=O)[O-])NC(=O)O)(C(N)=O)c1ccccc1.c1ccc(CCc2ccccc2)cc1. The zero-order chi connectivity index (χ0) is 27.3. The Balaban J connectivity index is 0.000000291. The Hall–Kier alpha value is -4.66. The van der Waals surface area contributed by atoms with Crippen molar-refractivity contribution in [2.75, 3.05) is 0 Å². The van der Waals surface area contributed by atoms with E-state index in [9.17, 15) is 24.3 Å². The van der Waals surface area contributed by atoms with E-state index < -0.39 is 41.9 Å². The van der Waals surface area contributed by atoms with Crippen molar-refractivity contribution >= 4 is 23.9 Å². The van der Waals surface area contributed by atoms with Gasteiger partial charge in [-0.15, -0.1) is 0 Å². The zero-order valence-corrected chi connectivity index (χ0v) is 20.4. The molecule has 0 aromatic heterocycles. The molecular formula is C28H30N3O6-. The smallest absolute Gasteiger partial charge is 0.405 e. The van der Waals surface area contributed by atoms with Gasteiger partial charge < -0.3 is 31.4 Å². The molecule has 194 valence electrons.